The molecular formula is C9H15N3O. The van der Waals surface area contributed by atoms with Gasteiger partial charge in [-0.25, -0.2) is 0 Å². The van der Waals surface area contributed by atoms with Crippen LogP contribution in [0.25, 0.3) is 0 Å². The summed E-state index contributed by atoms with van der Waals surface area (Å²) in [5.74, 6) is 1.46. The van der Waals surface area contributed by atoms with Crippen molar-refractivity contribution in [3.8, 4) is 5.75 Å². The van der Waals surface area contributed by atoms with Crippen LogP contribution in [0, 0.1) is 13.8 Å². The normalized spacial score (nSPS) is 11.9. The van der Waals surface area contributed by atoms with E-state index in [4.69, 9.17) is 4.74 Å². The van der Waals surface area contributed by atoms with Gasteiger partial charge in [-0.2, -0.15) is 5.10 Å². The fourth-order valence-electron chi connectivity index (χ4n) is 1.10. The van der Waals surface area contributed by atoms with Gasteiger partial charge in [0.2, 0.25) is 0 Å². The van der Waals surface area contributed by atoms with Gasteiger partial charge in [-0.3, -0.25) is 9.67 Å². The van der Waals surface area contributed by atoms with Crippen LogP contribution in [0.1, 0.15) is 18.3 Å². The van der Waals surface area contributed by atoms with E-state index < -0.39 is 0 Å². The van der Waals surface area contributed by atoms with Crippen LogP contribution in [0.3, 0.4) is 0 Å². The van der Waals surface area contributed by atoms with E-state index in [1.165, 1.54) is 0 Å². The molecule has 1 aromatic heterocycles. The summed E-state index contributed by atoms with van der Waals surface area (Å²) in [7, 11) is 3.60. The van der Waals surface area contributed by atoms with E-state index in [0.29, 0.717) is 5.90 Å². The molecule has 0 N–H and O–H groups in total. The Balaban J connectivity index is 3.00. The maximum absolute atomic E-state index is 5.51. The van der Waals surface area contributed by atoms with Crippen LogP contribution in [-0.2, 0) is 7.05 Å². The molecular weight excluding hydrogens is 166 g/mol. The van der Waals surface area contributed by atoms with Crippen molar-refractivity contribution >= 4 is 5.90 Å². The summed E-state index contributed by atoms with van der Waals surface area (Å²) in [6.45, 7) is 5.72. The molecule has 0 bridgehead atoms. The average molecular weight is 181 g/mol. The van der Waals surface area contributed by atoms with Gasteiger partial charge in [-0.1, -0.05) is 0 Å². The molecule has 4 nitrogen and oxygen atoms in total. The Labute approximate surface area is 78.2 Å². The minimum Gasteiger partial charge on any atom is -0.440 e. The van der Waals surface area contributed by atoms with E-state index in [9.17, 15) is 0 Å². The molecule has 0 saturated heterocycles. The molecule has 0 radical (unpaired) electrons. The zero-order valence-electron chi connectivity index (χ0n) is 8.75. The molecule has 0 saturated carbocycles. The Morgan fingerprint density at radius 1 is 1.46 bits per heavy atom. The number of aryl methyl sites for hydroxylation is 2. The molecule has 13 heavy (non-hydrogen) atoms. The van der Waals surface area contributed by atoms with Crippen molar-refractivity contribution in [2.24, 2.45) is 12.0 Å². The molecule has 1 rings (SSSR count). The van der Waals surface area contributed by atoms with Crippen LogP contribution in [-0.4, -0.2) is 22.7 Å². The summed E-state index contributed by atoms with van der Waals surface area (Å²) in [5.41, 5.74) is 1.91. The third-order valence-electron chi connectivity index (χ3n) is 2.01. The highest BCUT2D eigenvalue weighted by Crippen LogP contribution is 2.21. The highest BCUT2D eigenvalue weighted by Gasteiger charge is 2.11. The quantitative estimate of drug-likeness (QED) is 0.486. The van der Waals surface area contributed by atoms with Crippen molar-refractivity contribution in [1.82, 2.24) is 9.78 Å². The van der Waals surface area contributed by atoms with E-state index in [2.05, 4.69) is 10.1 Å². The van der Waals surface area contributed by atoms with Gasteiger partial charge >= 0.3 is 0 Å². The van der Waals surface area contributed by atoms with Crippen LogP contribution in [0.2, 0.25) is 0 Å². The van der Waals surface area contributed by atoms with Gasteiger partial charge in [-0.15, -0.1) is 0 Å². The summed E-state index contributed by atoms with van der Waals surface area (Å²) in [4.78, 5) is 3.93. The zero-order chi connectivity index (χ0) is 10.0. The zero-order valence-corrected chi connectivity index (χ0v) is 8.75. The first-order valence-corrected chi connectivity index (χ1v) is 4.17. The molecule has 4 heteroatoms. The van der Waals surface area contributed by atoms with Gasteiger partial charge < -0.3 is 4.74 Å². The van der Waals surface area contributed by atoms with E-state index >= 15 is 0 Å². The molecule has 0 amide bonds. The number of rotatable bonds is 1. The Hall–Kier alpha value is -1.32. The lowest BCUT2D eigenvalue weighted by molar-refractivity contribution is 0.535. The highest BCUT2D eigenvalue weighted by molar-refractivity contribution is 5.76. The first-order valence-electron chi connectivity index (χ1n) is 4.17. The largest absolute Gasteiger partial charge is 0.440 e. The fraction of sp³-hybridized carbons (Fsp3) is 0.556. The van der Waals surface area contributed by atoms with Gasteiger partial charge in [0.05, 0.1) is 5.69 Å². The lowest BCUT2D eigenvalue weighted by atomic mass is 10.3. The molecule has 0 fully saturated rings. The summed E-state index contributed by atoms with van der Waals surface area (Å²) in [6.07, 6.45) is 0. The predicted octanol–water partition coefficient (Wildman–Crippen LogP) is 1.46. The second-order valence-corrected chi connectivity index (χ2v) is 2.97. The number of aromatic nitrogens is 2. The summed E-state index contributed by atoms with van der Waals surface area (Å²) in [5, 5.41) is 4.23. The first-order chi connectivity index (χ1) is 6.06. The highest BCUT2D eigenvalue weighted by atomic mass is 16.5. The fourth-order valence-corrected chi connectivity index (χ4v) is 1.10. The molecule has 1 aromatic rings. The second-order valence-electron chi connectivity index (χ2n) is 2.97. The molecule has 0 atom stereocenters. The molecule has 0 spiro atoms. The number of hydrogen-bond donors (Lipinski definition) is 0. The number of nitrogens with zero attached hydrogens (tertiary/aromatic N) is 3. The van der Waals surface area contributed by atoms with E-state index in [0.717, 1.165) is 17.1 Å². The number of hydrogen-bond acceptors (Lipinski definition) is 3. The Morgan fingerprint density at radius 2 is 2.08 bits per heavy atom. The van der Waals surface area contributed by atoms with E-state index in [1.54, 1.807) is 11.7 Å². The van der Waals surface area contributed by atoms with Gasteiger partial charge in [0.15, 0.2) is 11.6 Å². The van der Waals surface area contributed by atoms with Crippen molar-refractivity contribution < 1.29 is 4.74 Å². The van der Waals surface area contributed by atoms with Gasteiger partial charge in [0, 0.05) is 21.0 Å². The topological polar surface area (TPSA) is 39.4 Å². The minimum absolute atomic E-state index is 0.652. The third kappa shape index (κ3) is 1.88. The van der Waals surface area contributed by atoms with Crippen molar-refractivity contribution in [2.45, 2.75) is 20.8 Å². The standard InChI is InChI=1S/C9H15N3O/c1-6-9(13-8(3)10-4)7(2)12(5)11-6/h1-5H3. The molecule has 0 aliphatic carbocycles. The van der Waals surface area contributed by atoms with Crippen molar-refractivity contribution in [2.75, 3.05) is 7.05 Å². The third-order valence-corrected chi connectivity index (χ3v) is 2.01. The predicted molar refractivity (Wildman–Crippen MR) is 52.3 cm³/mol. The van der Waals surface area contributed by atoms with Crippen molar-refractivity contribution in [3.05, 3.63) is 11.4 Å². The molecule has 0 aliphatic heterocycles. The summed E-state index contributed by atoms with van der Waals surface area (Å²) in [6, 6.07) is 0. The van der Waals surface area contributed by atoms with Crippen LogP contribution in [0.4, 0.5) is 0 Å². The Kier molecular flexibility index (Phi) is 2.70. The van der Waals surface area contributed by atoms with E-state index in [1.807, 2.05) is 27.8 Å². The Morgan fingerprint density at radius 3 is 2.46 bits per heavy atom. The molecule has 0 aromatic carbocycles. The van der Waals surface area contributed by atoms with Gasteiger partial charge in [-0.05, 0) is 13.8 Å². The molecule has 0 aliphatic rings. The summed E-state index contributed by atoms with van der Waals surface area (Å²) < 4.78 is 7.31. The van der Waals surface area contributed by atoms with E-state index in [-0.39, 0.29) is 0 Å². The lowest BCUT2D eigenvalue weighted by Gasteiger charge is -2.03. The second kappa shape index (κ2) is 3.60. The SMILES string of the molecule is CN=C(C)Oc1c(C)nn(C)c1C. The average Bonchev–Trinajstić information content (AvgIpc) is 2.32. The smallest absolute Gasteiger partial charge is 0.186 e. The monoisotopic (exact) mass is 181 g/mol. The number of ether oxygens (including phenoxy) is 1. The number of aliphatic imine (C=N–C) groups is 1. The molecule has 72 valence electrons. The van der Waals surface area contributed by atoms with Crippen LogP contribution in [0.15, 0.2) is 4.99 Å². The Bertz CT molecular complexity index is 339. The van der Waals surface area contributed by atoms with Crippen molar-refractivity contribution in [1.29, 1.82) is 0 Å². The van der Waals surface area contributed by atoms with Crippen LogP contribution < -0.4 is 4.74 Å². The van der Waals surface area contributed by atoms with Crippen LogP contribution in [0.5, 0.6) is 5.75 Å². The lowest BCUT2D eigenvalue weighted by Crippen LogP contribution is -2.04. The summed E-state index contributed by atoms with van der Waals surface area (Å²) >= 11 is 0. The first kappa shape index (κ1) is 9.77. The molecule has 0 unspecified atom stereocenters. The maximum Gasteiger partial charge on any atom is 0.186 e. The molecule has 1 heterocycles. The minimum atomic E-state index is 0.652. The van der Waals surface area contributed by atoms with Gasteiger partial charge in [0.1, 0.15) is 5.69 Å². The maximum atomic E-state index is 5.51. The van der Waals surface area contributed by atoms with Gasteiger partial charge in [0.25, 0.3) is 0 Å². The van der Waals surface area contributed by atoms with Crippen molar-refractivity contribution in [3.63, 3.8) is 0 Å². The van der Waals surface area contributed by atoms with Crippen LogP contribution >= 0.6 is 0 Å².